The Balaban J connectivity index is 1.37. The average molecular weight is 401 g/mol. The van der Waals surface area contributed by atoms with Crippen LogP contribution >= 0.6 is 0 Å². The van der Waals surface area contributed by atoms with E-state index in [1.165, 1.54) is 5.56 Å². The molecular formula is C23H32N2O4. The van der Waals surface area contributed by atoms with Crippen LogP contribution in [-0.2, 0) is 17.9 Å². The Labute approximate surface area is 173 Å². The van der Waals surface area contributed by atoms with Gasteiger partial charge in [0.2, 0.25) is 0 Å². The Bertz CT molecular complexity index is 733. The first kappa shape index (κ1) is 21.6. The molecule has 0 bridgehead atoms. The van der Waals surface area contributed by atoms with Gasteiger partial charge in [-0.05, 0) is 23.8 Å². The minimum Gasteiger partial charge on any atom is -0.497 e. The summed E-state index contributed by atoms with van der Waals surface area (Å²) in [6.45, 7) is 6.26. The fourth-order valence-corrected chi connectivity index (χ4v) is 3.62. The number of piperazine rings is 1. The van der Waals surface area contributed by atoms with E-state index in [0.29, 0.717) is 19.8 Å². The fourth-order valence-electron chi connectivity index (χ4n) is 3.62. The van der Waals surface area contributed by atoms with E-state index < -0.39 is 6.10 Å². The maximum Gasteiger partial charge on any atom is 0.124 e. The molecule has 0 aromatic heterocycles. The third-order valence-corrected chi connectivity index (χ3v) is 5.24. The lowest BCUT2D eigenvalue weighted by atomic mass is 10.2. The van der Waals surface area contributed by atoms with E-state index in [2.05, 4.69) is 40.1 Å². The third kappa shape index (κ3) is 6.72. The molecular weight excluding hydrogens is 368 g/mol. The van der Waals surface area contributed by atoms with Crippen LogP contribution in [0.5, 0.6) is 11.5 Å². The van der Waals surface area contributed by atoms with Gasteiger partial charge in [0.25, 0.3) is 0 Å². The second kappa shape index (κ2) is 11.2. The maximum absolute atomic E-state index is 10.4. The van der Waals surface area contributed by atoms with Crippen LogP contribution in [0.1, 0.15) is 11.1 Å². The van der Waals surface area contributed by atoms with Crippen molar-refractivity contribution in [1.29, 1.82) is 0 Å². The second-order valence-electron chi connectivity index (χ2n) is 7.41. The molecule has 1 aliphatic rings. The number of β-amino-alcohol motifs (C(OH)–C–C–N with tert-alkyl or cyclic N) is 1. The van der Waals surface area contributed by atoms with Crippen molar-refractivity contribution < 1.29 is 19.3 Å². The van der Waals surface area contributed by atoms with Crippen LogP contribution in [0.4, 0.5) is 0 Å². The summed E-state index contributed by atoms with van der Waals surface area (Å²) < 4.78 is 16.4. The van der Waals surface area contributed by atoms with Gasteiger partial charge in [-0.1, -0.05) is 30.3 Å². The van der Waals surface area contributed by atoms with Gasteiger partial charge in [0.1, 0.15) is 11.5 Å². The number of hydrogen-bond acceptors (Lipinski definition) is 6. The fraction of sp³-hybridized carbons (Fsp3) is 0.478. The van der Waals surface area contributed by atoms with Gasteiger partial charge >= 0.3 is 0 Å². The van der Waals surface area contributed by atoms with Crippen LogP contribution in [-0.4, -0.2) is 74.6 Å². The summed E-state index contributed by atoms with van der Waals surface area (Å²) in [6.07, 6.45) is -0.507. The van der Waals surface area contributed by atoms with Gasteiger partial charge in [0.15, 0.2) is 0 Å². The quantitative estimate of drug-likeness (QED) is 0.661. The molecule has 0 aliphatic carbocycles. The molecule has 1 fully saturated rings. The zero-order valence-corrected chi connectivity index (χ0v) is 17.4. The standard InChI is InChI=1S/C23H32N2O4/c1-27-22-8-9-23(28-2)20(14-22)17-29-18-21(26)16-25-12-10-24(11-13-25)15-19-6-4-3-5-7-19/h3-9,14,21,26H,10-13,15-18H2,1-2H3. The van der Waals surface area contributed by atoms with E-state index >= 15 is 0 Å². The van der Waals surface area contributed by atoms with Gasteiger partial charge in [0, 0.05) is 44.8 Å². The lowest BCUT2D eigenvalue weighted by Gasteiger charge is -2.35. The zero-order valence-electron chi connectivity index (χ0n) is 17.4. The predicted octanol–water partition coefficient (Wildman–Crippen LogP) is 2.40. The lowest BCUT2D eigenvalue weighted by Crippen LogP contribution is -2.48. The summed E-state index contributed by atoms with van der Waals surface area (Å²) in [5, 5.41) is 10.4. The number of benzene rings is 2. The van der Waals surface area contributed by atoms with Gasteiger partial charge in [-0.25, -0.2) is 0 Å². The van der Waals surface area contributed by atoms with E-state index in [-0.39, 0.29) is 0 Å². The smallest absolute Gasteiger partial charge is 0.124 e. The Kier molecular flexibility index (Phi) is 8.31. The largest absolute Gasteiger partial charge is 0.497 e. The molecule has 1 aliphatic heterocycles. The Morgan fingerprint density at radius 2 is 1.66 bits per heavy atom. The van der Waals surface area contributed by atoms with Crippen molar-refractivity contribution >= 4 is 0 Å². The monoisotopic (exact) mass is 400 g/mol. The minimum atomic E-state index is -0.507. The number of aliphatic hydroxyl groups excluding tert-OH is 1. The molecule has 158 valence electrons. The first-order chi connectivity index (χ1) is 14.2. The van der Waals surface area contributed by atoms with Crippen molar-refractivity contribution in [2.24, 2.45) is 0 Å². The summed E-state index contributed by atoms with van der Waals surface area (Å²) >= 11 is 0. The molecule has 29 heavy (non-hydrogen) atoms. The van der Waals surface area contributed by atoms with Crippen LogP contribution in [0.15, 0.2) is 48.5 Å². The van der Waals surface area contributed by atoms with Crippen molar-refractivity contribution in [3.63, 3.8) is 0 Å². The summed E-state index contributed by atoms with van der Waals surface area (Å²) in [4.78, 5) is 4.77. The van der Waals surface area contributed by atoms with Gasteiger partial charge < -0.3 is 19.3 Å². The van der Waals surface area contributed by atoms with Crippen molar-refractivity contribution in [3.05, 3.63) is 59.7 Å². The molecule has 0 saturated carbocycles. The van der Waals surface area contributed by atoms with E-state index in [1.807, 2.05) is 18.2 Å². The van der Waals surface area contributed by atoms with Gasteiger partial charge in [-0.3, -0.25) is 9.80 Å². The molecule has 0 amide bonds. The molecule has 6 heteroatoms. The maximum atomic E-state index is 10.4. The zero-order chi connectivity index (χ0) is 20.5. The predicted molar refractivity (Wildman–Crippen MR) is 113 cm³/mol. The Morgan fingerprint density at radius 3 is 2.34 bits per heavy atom. The van der Waals surface area contributed by atoms with Crippen LogP contribution < -0.4 is 9.47 Å². The second-order valence-corrected chi connectivity index (χ2v) is 7.41. The van der Waals surface area contributed by atoms with E-state index in [4.69, 9.17) is 14.2 Å². The van der Waals surface area contributed by atoms with Gasteiger partial charge in [0.05, 0.1) is 33.5 Å². The average Bonchev–Trinajstić information content (AvgIpc) is 2.75. The molecule has 0 radical (unpaired) electrons. The highest BCUT2D eigenvalue weighted by Gasteiger charge is 2.19. The number of aliphatic hydroxyl groups is 1. The molecule has 3 rings (SSSR count). The van der Waals surface area contributed by atoms with Crippen molar-refractivity contribution in [2.75, 3.05) is 53.6 Å². The normalized spacial score (nSPS) is 16.5. The highest BCUT2D eigenvalue weighted by Crippen LogP contribution is 2.24. The molecule has 1 heterocycles. The molecule has 1 saturated heterocycles. The minimum absolute atomic E-state index is 0.296. The topological polar surface area (TPSA) is 54.4 Å². The van der Waals surface area contributed by atoms with E-state index in [0.717, 1.165) is 49.8 Å². The number of rotatable bonds is 10. The SMILES string of the molecule is COc1ccc(OC)c(COCC(O)CN2CCN(Cc3ccccc3)CC2)c1. The third-order valence-electron chi connectivity index (χ3n) is 5.24. The first-order valence-corrected chi connectivity index (χ1v) is 10.1. The highest BCUT2D eigenvalue weighted by molar-refractivity contribution is 5.39. The van der Waals surface area contributed by atoms with E-state index in [9.17, 15) is 5.11 Å². The van der Waals surface area contributed by atoms with E-state index in [1.54, 1.807) is 14.2 Å². The first-order valence-electron chi connectivity index (χ1n) is 10.1. The molecule has 6 nitrogen and oxygen atoms in total. The number of ether oxygens (including phenoxy) is 3. The summed E-state index contributed by atoms with van der Waals surface area (Å²) in [5.41, 5.74) is 2.26. The van der Waals surface area contributed by atoms with Crippen molar-refractivity contribution in [3.8, 4) is 11.5 Å². The van der Waals surface area contributed by atoms with Crippen molar-refractivity contribution in [1.82, 2.24) is 9.80 Å². The number of hydrogen-bond donors (Lipinski definition) is 1. The molecule has 1 unspecified atom stereocenters. The molecule has 2 aromatic carbocycles. The van der Waals surface area contributed by atoms with Gasteiger partial charge in [-0.15, -0.1) is 0 Å². The molecule has 0 spiro atoms. The molecule has 1 atom stereocenters. The van der Waals surface area contributed by atoms with Gasteiger partial charge in [-0.2, -0.15) is 0 Å². The molecule has 1 N–H and O–H groups in total. The van der Waals surface area contributed by atoms with Crippen LogP contribution in [0.2, 0.25) is 0 Å². The van der Waals surface area contributed by atoms with Crippen LogP contribution in [0, 0.1) is 0 Å². The van der Waals surface area contributed by atoms with Crippen LogP contribution in [0.25, 0.3) is 0 Å². The number of nitrogens with zero attached hydrogens (tertiary/aromatic N) is 2. The Morgan fingerprint density at radius 1 is 0.931 bits per heavy atom. The molecule has 2 aromatic rings. The lowest BCUT2D eigenvalue weighted by molar-refractivity contribution is 0.000454. The number of methoxy groups -OCH3 is 2. The summed E-state index contributed by atoms with van der Waals surface area (Å²) in [6, 6.07) is 16.2. The highest BCUT2D eigenvalue weighted by atomic mass is 16.5. The summed E-state index contributed by atoms with van der Waals surface area (Å²) in [5.74, 6) is 1.52. The van der Waals surface area contributed by atoms with Crippen LogP contribution in [0.3, 0.4) is 0 Å². The Hall–Kier alpha value is -2.12. The van der Waals surface area contributed by atoms with Crippen molar-refractivity contribution in [2.45, 2.75) is 19.3 Å². The summed E-state index contributed by atoms with van der Waals surface area (Å²) in [7, 11) is 3.27.